The summed E-state index contributed by atoms with van der Waals surface area (Å²) in [5.74, 6) is 0.308. The summed E-state index contributed by atoms with van der Waals surface area (Å²) in [6, 6.07) is 0. The molecule has 94 valence electrons. The van der Waals surface area contributed by atoms with Crippen LogP contribution in [0.15, 0.2) is 0 Å². The van der Waals surface area contributed by atoms with Gasteiger partial charge in [0, 0.05) is 13.0 Å². The van der Waals surface area contributed by atoms with Gasteiger partial charge in [0.15, 0.2) is 0 Å². The Bertz CT molecular complexity index is 181. The van der Waals surface area contributed by atoms with E-state index in [4.69, 9.17) is 0 Å². The van der Waals surface area contributed by atoms with Gasteiger partial charge in [0.25, 0.3) is 0 Å². The van der Waals surface area contributed by atoms with Gasteiger partial charge in [-0.2, -0.15) is 0 Å². The predicted octanol–water partition coefficient (Wildman–Crippen LogP) is 2.83. The average Bonchev–Trinajstić information content (AvgIpc) is 2.25. The van der Waals surface area contributed by atoms with Gasteiger partial charge in [-0.1, -0.05) is 38.5 Å². The van der Waals surface area contributed by atoms with Crippen molar-refractivity contribution in [2.45, 2.75) is 64.7 Å². The van der Waals surface area contributed by atoms with Crippen molar-refractivity contribution in [1.29, 1.82) is 0 Å². The first kappa shape index (κ1) is 15.1. The molecule has 1 amide bonds. The quantitative estimate of drug-likeness (QED) is 0.411. The fourth-order valence-electron chi connectivity index (χ4n) is 1.72. The van der Waals surface area contributed by atoms with Gasteiger partial charge in [-0.3, -0.25) is 4.79 Å². The summed E-state index contributed by atoms with van der Waals surface area (Å²) in [7, 11) is 0. The maximum atomic E-state index is 10.7. The van der Waals surface area contributed by atoms with E-state index in [9.17, 15) is 9.59 Å². The molecule has 0 aliphatic carbocycles. The highest BCUT2D eigenvalue weighted by molar-refractivity contribution is 5.75. The number of hydrogen-bond donors (Lipinski definition) is 1. The number of hydrogen-bond acceptors (Lipinski definition) is 2. The molecule has 0 heterocycles. The number of carbonyl (C=O) groups excluding carboxylic acids is 2. The molecular weight excluding hydrogens is 202 g/mol. The lowest BCUT2D eigenvalue weighted by molar-refractivity contribution is -0.117. The SMILES string of the molecule is CC(=O)CCCCCCCCCCNC=O. The van der Waals surface area contributed by atoms with Crippen molar-refractivity contribution >= 4 is 12.2 Å². The largest absolute Gasteiger partial charge is 0.359 e. The molecule has 0 aliphatic heterocycles. The van der Waals surface area contributed by atoms with Crippen molar-refractivity contribution in [2.24, 2.45) is 0 Å². The van der Waals surface area contributed by atoms with Crippen LogP contribution < -0.4 is 5.32 Å². The number of carbonyl (C=O) groups is 2. The van der Waals surface area contributed by atoms with Gasteiger partial charge in [-0.25, -0.2) is 0 Å². The molecule has 1 N–H and O–H groups in total. The van der Waals surface area contributed by atoms with Gasteiger partial charge < -0.3 is 10.1 Å². The van der Waals surface area contributed by atoms with E-state index in [1.54, 1.807) is 6.92 Å². The number of ketones is 1. The minimum absolute atomic E-state index is 0.308. The zero-order valence-corrected chi connectivity index (χ0v) is 10.5. The summed E-state index contributed by atoms with van der Waals surface area (Å²) >= 11 is 0. The summed E-state index contributed by atoms with van der Waals surface area (Å²) in [6.07, 6.45) is 11.1. The van der Waals surface area contributed by atoms with Crippen molar-refractivity contribution in [3.05, 3.63) is 0 Å². The highest BCUT2D eigenvalue weighted by Crippen LogP contribution is 2.09. The first-order valence-corrected chi connectivity index (χ1v) is 6.44. The van der Waals surface area contributed by atoms with Crippen LogP contribution in [0.3, 0.4) is 0 Å². The van der Waals surface area contributed by atoms with Gasteiger partial charge in [0.2, 0.25) is 6.41 Å². The van der Waals surface area contributed by atoms with Crippen molar-refractivity contribution in [3.63, 3.8) is 0 Å². The second-order valence-corrected chi connectivity index (χ2v) is 4.35. The van der Waals surface area contributed by atoms with E-state index in [2.05, 4.69) is 5.32 Å². The standard InChI is InChI=1S/C13H25NO2/c1-13(16)10-8-6-4-2-3-5-7-9-11-14-12-15/h12H,2-11H2,1H3,(H,14,15). The van der Waals surface area contributed by atoms with E-state index in [0.29, 0.717) is 5.78 Å². The van der Waals surface area contributed by atoms with Crippen LogP contribution in [0.4, 0.5) is 0 Å². The van der Waals surface area contributed by atoms with E-state index in [1.807, 2.05) is 0 Å². The lowest BCUT2D eigenvalue weighted by Crippen LogP contribution is -2.11. The molecule has 0 saturated carbocycles. The molecule has 0 bridgehead atoms. The molecule has 0 unspecified atom stereocenters. The maximum absolute atomic E-state index is 10.7. The number of amides is 1. The Kier molecular flexibility index (Phi) is 11.6. The molecule has 0 aromatic heterocycles. The Morgan fingerprint density at radius 2 is 1.44 bits per heavy atom. The molecule has 3 nitrogen and oxygen atoms in total. The van der Waals surface area contributed by atoms with Crippen molar-refractivity contribution in [2.75, 3.05) is 6.54 Å². The molecule has 0 fully saturated rings. The Balaban J connectivity index is 2.93. The van der Waals surface area contributed by atoms with Gasteiger partial charge in [0.05, 0.1) is 0 Å². The van der Waals surface area contributed by atoms with Crippen molar-refractivity contribution < 1.29 is 9.59 Å². The third kappa shape index (κ3) is 13.1. The fourth-order valence-corrected chi connectivity index (χ4v) is 1.72. The number of rotatable bonds is 12. The molecule has 0 spiro atoms. The molecule has 16 heavy (non-hydrogen) atoms. The van der Waals surface area contributed by atoms with Gasteiger partial charge >= 0.3 is 0 Å². The molecule has 0 saturated heterocycles. The Morgan fingerprint density at radius 1 is 0.938 bits per heavy atom. The van der Waals surface area contributed by atoms with Crippen LogP contribution >= 0.6 is 0 Å². The smallest absolute Gasteiger partial charge is 0.207 e. The molecular formula is C13H25NO2. The molecule has 3 heteroatoms. The number of unbranched alkanes of at least 4 members (excludes halogenated alkanes) is 7. The Morgan fingerprint density at radius 3 is 1.94 bits per heavy atom. The topological polar surface area (TPSA) is 46.2 Å². The average molecular weight is 227 g/mol. The molecule has 0 aliphatic rings. The van der Waals surface area contributed by atoms with Crippen LogP contribution in [0.25, 0.3) is 0 Å². The second-order valence-electron chi connectivity index (χ2n) is 4.35. The molecule has 0 radical (unpaired) electrons. The fraction of sp³-hybridized carbons (Fsp3) is 0.846. The molecule has 0 rings (SSSR count). The molecule has 0 atom stereocenters. The highest BCUT2D eigenvalue weighted by atomic mass is 16.1. The zero-order valence-electron chi connectivity index (χ0n) is 10.5. The van der Waals surface area contributed by atoms with E-state index >= 15 is 0 Å². The predicted molar refractivity (Wildman–Crippen MR) is 66.3 cm³/mol. The summed E-state index contributed by atoms with van der Waals surface area (Å²) in [4.78, 5) is 20.6. The van der Waals surface area contributed by atoms with E-state index < -0.39 is 0 Å². The Hall–Kier alpha value is -0.860. The van der Waals surface area contributed by atoms with Crippen LogP contribution in [0, 0.1) is 0 Å². The lowest BCUT2D eigenvalue weighted by atomic mass is 10.1. The van der Waals surface area contributed by atoms with E-state index in [1.165, 1.54) is 38.5 Å². The monoisotopic (exact) mass is 227 g/mol. The number of Topliss-reactive ketones (excluding diaryl/α,β-unsaturated/α-hetero) is 1. The van der Waals surface area contributed by atoms with Gasteiger partial charge in [-0.05, 0) is 19.8 Å². The lowest BCUT2D eigenvalue weighted by Gasteiger charge is -2.01. The third-order valence-corrected chi connectivity index (χ3v) is 2.68. The summed E-state index contributed by atoms with van der Waals surface area (Å²) in [5.41, 5.74) is 0. The Labute approximate surface area is 99.0 Å². The van der Waals surface area contributed by atoms with Crippen LogP contribution in [-0.2, 0) is 9.59 Å². The summed E-state index contributed by atoms with van der Waals surface area (Å²) < 4.78 is 0. The van der Waals surface area contributed by atoms with Crippen molar-refractivity contribution in [3.8, 4) is 0 Å². The normalized spacial score (nSPS) is 10.1. The maximum Gasteiger partial charge on any atom is 0.207 e. The minimum Gasteiger partial charge on any atom is -0.359 e. The molecule has 0 aromatic rings. The van der Waals surface area contributed by atoms with Crippen LogP contribution in [0.5, 0.6) is 0 Å². The van der Waals surface area contributed by atoms with E-state index in [-0.39, 0.29) is 0 Å². The highest BCUT2D eigenvalue weighted by Gasteiger charge is 1.94. The van der Waals surface area contributed by atoms with Crippen LogP contribution in [-0.4, -0.2) is 18.7 Å². The van der Waals surface area contributed by atoms with Gasteiger partial charge in [0.1, 0.15) is 5.78 Å². The van der Waals surface area contributed by atoms with Gasteiger partial charge in [-0.15, -0.1) is 0 Å². The third-order valence-electron chi connectivity index (χ3n) is 2.68. The van der Waals surface area contributed by atoms with E-state index in [0.717, 1.165) is 32.2 Å². The summed E-state index contributed by atoms with van der Waals surface area (Å²) in [5, 5.41) is 2.67. The molecule has 0 aromatic carbocycles. The van der Waals surface area contributed by atoms with Crippen LogP contribution in [0.1, 0.15) is 64.7 Å². The minimum atomic E-state index is 0.308. The first-order chi connectivity index (χ1) is 7.77. The zero-order chi connectivity index (χ0) is 12.1. The second kappa shape index (κ2) is 12.2. The first-order valence-electron chi connectivity index (χ1n) is 6.44. The van der Waals surface area contributed by atoms with Crippen LogP contribution in [0.2, 0.25) is 0 Å². The summed E-state index contributed by atoms with van der Waals surface area (Å²) in [6.45, 7) is 2.47. The number of nitrogens with one attached hydrogen (secondary N) is 1. The van der Waals surface area contributed by atoms with Crippen molar-refractivity contribution in [1.82, 2.24) is 5.32 Å².